The van der Waals surface area contributed by atoms with Crippen molar-refractivity contribution in [3.05, 3.63) is 35.4 Å². The van der Waals surface area contributed by atoms with Crippen LogP contribution in [0.3, 0.4) is 0 Å². The number of hydrogen-bond acceptors (Lipinski definition) is 6. The van der Waals surface area contributed by atoms with Gasteiger partial charge in [0, 0.05) is 37.8 Å². The van der Waals surface area contributed by atoms with Gasteiger partial charge in [-0.3, -0.25) is 19.3 Å². The van der Waals surface area contributed by atoms with Crippen molar-refractivity contribution >= 4 is 17.7 Å². The molecule has 3 heterocycles. The van der Waals surface area contributed by atoms with Gasteiger partial charge in [0.05, 0.1) is 24.2 Å². The molecule has 7 atom stereocenters. The van der Waals surface area contributed by atoms with Gasteiger partial charge in [-0.05, 0) is 49.8 Å². The van der Waals surface area contributed by atoms with Gasteiger partial charge in [-0.1, -0.05) is 12.1 Å². The summed E-state index contributed by atoms with van der Waals surface area (Å²) in [6, 6.07) is 8.30. The van der Waals surface area contributed by atoms with E-state index in [9.17, 15) is 19.6 Å². The van der Waals surface area contributed by atoms with Crippen LogP contribution < -0.4 is 11.1 Å². The van der Waals surface area contributed by atoms with Gasteiger partial charge in [-0.15, -0.1) is 0 Å². The molecule has 3 aliphatic heterocycles. The lowest BCUT2D eigenvalue weighted by molar-refractivity contribution is -0.141. The molecule has 5 rings (SSSR count). The average molecular weight is 451 g/mol. The fraction of sp³-hybridized carbons (Fsp3) is 0.583. The SMILES string of the molecule is CNC(=O)c1cccc([C@@H](C)N2C(=O)[C@H]3CC2CN3C[C@H](N)C(=O)N2[C@H](C#N)C[C@@H]3C[C@@H]32)c1. The summed E-state index contributed by atoms with van der Waals surface area (Å²) in [4.78, 5) is 43.9. The Balaban J connectivity index is 1.24. The van der Waals surface area contributed by atoms with Crippen LogP contribution in [-0.2, 0) is 9.59 Å². The molecule has 9 heteroatoms. The molecule has 3 amide bonds. The number of benzene rings is 1. The highest BCUT2D eigenvalue weighted by Crippen LogP contribution is 2.48. The maximum Gasteiger partial charge on any atom is 0.251 e. The number of piperidine rings is 1. The first-order valence-corrected chi connectivity index (χ1v) is 11.7. The Labute approximate surface area is 193 Å². The van der Waals surface area contributed by atoms with E-state index in [2.05, 4.69) is 11.4 Å². The van der Waals surface area contributed by atoms with Crippen LogP contribution in [0.2, 0.25) is 0 Å². The third-order valence-electron chi connectivity index (χ3n) is 7.85. The van der Waals surface area contributed by atoms with E-state index in [0.29, 0.717) is 31.0 Å². The maximum absolute atomic E-state index is 13.3. The van der Waals surface area contributed by atoms with Crippen LogP contribution in [0.1, 0.15) is 48.1 Å². The molecule has 2 bridgehead atoms. The number of fused-ring (bicyclic) bond motifs is 3. The Morgan fingerprint density at radius 2 is 2.09 bits per heavy atom. The van der Waals surface area contributed by atoms with Crippen molar-refractivity contribution in [2.24, 2.45) is 11.7 Å². The quantitative estimate of drug-likeness (QED) is 0.640. The number of nitrogens with zero attached hydrogens (tertiary/aromatic N) is 4. The van der Waals surface area contributed by atoms with Crippen molar-refractivity contribution in [3.8, 4) is 6.07 Å². The average Bonchev–Trinajstić information content (AvgIpc) is 3.15. The molecule has 1 saturated carbocycles. The number of amides is 3. The third-order valence-corrected chi connectivity index (χ3v) is 7.85. The number of carbonyl (C=O) groups excluding carboxylic acids is 3. The number of nitrogens with two attached hydrogens (primary N) is 1. The number of carbonyl (C=O) groups is 3. The van der Waals surface area contributed by atoms with Crippen LogP contribution in [0.15, 0.2) is 24.3 Å². The maximum atomic E-state index is 13.3. The molecule has 33 heavy (non-hydrogen) atoms. The van der Waals surface area contributed by atoms with Gasteiger partial charge in [0.2, 0.25) is 11.8 Å². The zero-order valence-corrected chi connectivity index (χ0v) is 19.0. The highest BCUT2D eigenvalue weighted by molar-refractivity contribution is 5.94. The summed E-state index contributed by atoms with van der Waals surface area (Å²) >= 11 is 0. The topological polar surface area (TPSA) is 123 Å². The first-order valence-electron chi connectivity index (χ1n) is 11.7. The molecular formula is C24H30N6O3. The Morgan fingerprint density at radius 1 is 1.30 bits per heavy atom. The Hall–Kier alpha value is -2.96. The largest absolute Gasteiger partial charge is 0.355 e. The van der Waals surface area contributed by atoms with Gasteiger partial charge in [0.15, 0.2) is 0 Å². The standard InChI is InChI=1S/C24H30N6O3/c1-13(14-4-3-5-15(6-14)22(31)27-2)29-18-9-21(24(29)33)28(11-18)12-19(26)23(32)30-17(10-25)7-16-8-20(16)30/h3-6,13,16-21H,7-9,11-12,26H2,1-2H3,(H,27,31)/t13-,16-,17+,18?,19+,20+,21-/m1/s1. The predicted molar refractivity (Wildman–Crippen MR) is 120 cm³/mol. The molecule has 9 nitrogen and oxygen atoms in total. The molecule has 4 aliphatic rings. The van der Waals surface area contributed by atoms with Gasteiger partial charge in [0.1, 0.15) is 6.04 Å². The van der Waals surface area contributed by atoms with Crippen molar-refractivity contribution in [2.75, 3.05) is 20.1 Å². The van der Waals surface area contributed by atoms with E-state index in [-0.39, 0.29) is 47.9 Å². The fourth-order valence-electron chi connectivity index (χ4n) is 6.05. The minimum Gasteiger partial charge on any atom is -0.355 e. The number of likely N-dealkylation sites (tertiary alicyclic amines) is 3. The summed E-state index contributed by atoms with van der Waals surface area (Å²) in [6.07, 6.45) is 2.44. The Kier molecular flexibility index (Phi) is 5.38. The molecule has 0 radical (unpaired) electrons. The molecule has 0 spiro atoms. The van der Waals surface area contributed by atoms with Crippen LogP contribution in [0.25, 0.3) is 0 Å². The summed E-state index contributed by atoms with van der Waals surface area (Å²) < 4.78 is 0. The fourth-order valence-corrected chi connectivity index (χ4v) is 6.05. The lowest BCUT2D eigenvalue weighted by Crippen LogP contribution is -2.57. The lowest BCUT2D eigenvalue weighted by Gasteiger charge is -2.38. The molecule has 0 aromatic heterocycles. The highest BCUT2D eigenvalue weighted by Gasteiger charge is 2.56. The van der Waals surface area contributed by atoms with Crippen LogP contribution in [-0.4, -0.2) is 82.8 Å². The predicted octanol–water partition coefficient (Wildman–Crippen LogP) is 0.233. The summed E-state index contributed by atoms with van der Waals surface area (Å²) in [5.41, 5.74) is 7.78. The molecule has 4 fully saturated rings. The highest BCUT2D eigenvalue weighted by atomic mass is 16.2. The van der Waals surface area contributed by atoms with E-state index in [1.165, 1.54) is 0 Å². The van der Waals surface area contributed by atoms with Gasteiger partial charge in [0.25, 0.3) is 5.91 Å². The van der Waals surface area contributed by atoms with E-state index in [1.54, 1.807) is 18.0 Å². The van der Waals surface area contributed by atoms with Crippen molar-refractivity contribution in [1.29, 1.82) is 5.26 Å². The van der Waals surface area contributed by atoms with Gasteiger partial charge in [-0.25, -0.2) is 0 Å². The summed E-state index contributed by atoms with van der Waals surface area (Å²) in [5.74, 6) is 0.171. The molecule has 1 unspecified atom stereocenters. The Morgan fingerprint density at radius 3 is 2.79 bits per heavy atom. The van der Waals surface area contributed by atoms with Crippen LogP contribution >= 0.6 is 0 Å². The zero-order valence-electron chi connectivity index (χ0n) is 19.0. The summed E-state index contributed by atoms with van der Waals surface area (Å²) in [6.45, 7) is 2.99. The van der Waals surface area contributed by atoms with E-state index < -0.39 is 6.04 Å². The van der Waals surface area contributed by atoms with Crippen LogP contribution in [0.4, 0.5) is 0 Å². The zero-order chi connectivity index (χ0) is 23.4. The molecule has 3 N–H and O–H groups in total. The molecule has 3 saturated heterocycles. The second-order valence-electron chi connectivity index (χ2n) is 9.78. The van der Waals surface area contributed by atoms with Crippen molar-refractivity contribution in [1.82, 2.24) is 20.0 Å². The second-order valence-corrected chi connectivity index (χ2v) is 9.78. The molecule has 1 aromatic carbocycles. The van der Waals surface area contributed by atoms with Gasteiger partial charge >= 0.3 is 0 Å². The molecule has 174 valence electrons. The normalized spacial score (nSPS) is 31.8. The van der Waals surface area contributed by atoms with E-state index in [1.807, 2.05) is 34.9 Å². The van der Waals surface area contributed by atoms with E-state index in [0.717, 1.165) is 18.4 Å². The minimum absolute atomic E-state index is 0.0436. The van der Waals surface area contributed by atoms with Crippen molar-refractivity contribution in [2.45, 2.75) is 62.4 Å². The van der Waals surface area contributed by atoms with Gasteiger partial charge < -0.3 is 20.9 Å². The van der Waals surface area contributed by atoms with Crippen molar-refractivity contribution < 1.29 is 14.4 Å². The number of nitrogens with one attached hydrogen (secondary N) is 1. The van der Waals surface area contributed by atoms with E-state index in [4.69, 9.17) is 5.73 Å². The molecule has 1 aromatic rings. The number of hydrogen-bond donors (Lipinski definition) is 2. The first-order chi connectivity index (χ1) is 15.8. The van der Waals surface area contributed by atoms with Gasteiger partial charge in [-0.2, -0.15) is 5.26 Å². The van der Waals surface area contributed by atoms with E-state index >= 15 is 0 Å². The smallest absolute Gasteiger partial charge is 0.251 e. The minimum atomic E-state index is -0.734. The Bertz CT molecular complexity index is 1040. The first kappa shape index (κ1) is 21.9. The summed E-state index contributed by atoms with van der Waals surface area (Å²) in [5, 5.41) is 12.0. The summed E-state index contributed by atoms with van der Waals surface area (Å²) in [7, 11) is 1.60. The number of nitriles is 1. The lowest BCUT2D eigenvalue weighted by atomic mass is 10.0. The van der Waals surface area contributed by atoms with Crippen molar-refractivity contribution in [3.63, 3.8) is 0 Å². The second kappa shape index (κ2) is 8.12. The molecule has 1 aliphatic carbocycles. The van der Waals surface area contributed by atoms with Crippen LogP contribution in [0.5, 0.6) is 0 Å². The third kappa shape index (κ3) is 3.58. The molecular weight excluding hydrogens is 420 g/mol. The number of piperazine rings is 1. The number of rotatable bonds is 6. The van der Waals surface area contributed by atoms with Crippen LogP contribution in [0, 0.1) is 17.2 Å². The monoisotopic (exact) mass is 450 g/mol.